The van der Waals surface area contributed by atoms with Gasteiger partial charge in [0.1, 0.15) is 11.6 Å². The molecule has 0 unspecified atom stereocenters. The van der Waals surface area contributed by atoms with Gasteiger partial charge in [-0.2, -0.15) is 5.10 Å². The summed E-state index contributed by atoms with van der Waals surface area (Å²) in [4.78, 5) is 8.68. The van der Waals surface area contributed by atoms with E-state index >= 15 is 0 Å². The van der Waals surface area contributed by atoms with Crippen molar-refractivity contribution in [3.8, 4) is 0 Å². The van der Waals surface area contributed by atoms with E-state index in [-0.39, 0.29) is 0 Å². The molecule has 0 saturated heterocycles. The fourth-order valence-electron chi connectivity index (χ4n) is 1.84. The summed E-state index contributed by atoms with van der Waals surface area (Å²) >= 11 is 0. The van der Waals surface area contributed by atoms with Crippen molar-refractivity contribution in [1.29, 1.82) is 0 Å². The second-order valence-electron chi connectivity index (χ2n) is 4.92. The van der Waals surface area contributed by atoms with Crippen LogP contribution in [0.3, 0.4) is 0 Å². The maximum atomic E-state index is 4.45. The highest BCUT2D eigenvalue weighted by molar-refractivity contribution is 5.43. The third-order valence-corrected chi connectivity index (χ3v) is 3.01. The van der Waals surface area contributed by atoms with Crippen molar-refractivity contribution >= 4 is 5.82 Å². The van der Waals surface area contributed by atoms with Gasteiger partial charge in [-0.05, 0) is 27.2 Å². The number of hydrogen-bond donors (Lipinski definition) is 1. The molecule has 0 aromatic carbocycles. The Kier molecular flexibility index (Phi) is 4.14. The number of rotatable bonds is 5. The third-order valence-electron chi connectivity index (χ3n) is 3.01. The average Bonchev–Trinajstić information content (AvgIpc) is 2.85. The highest BCUT2D eigenvalue weighted by Crippen LogP contribution is 2.14. The molecule has 0 fully saturated rings. The van der Waals surface area contributed by atoms with Gasteiger partial charge in [0.25, 0.3) is 0 Å². The van der Waals surface area contributed by atoms with Gasteiger partial charge in [-0.25, -0.2) is 9.97 Å². The van der Waals surface area contributed by atoms with Gasteiger partial charge in [-0.3, -0.25) is 4.68 Å². The van der Waals surface area contributed by atoms with Gasteiger partial charge in [-0.1, -0.05) is 6.92 Å². The quantitative estimate of drug-likeness (QED) is 0.897. The maximum Gasteiger partial charge on any atom is 0.133 e. The van der Waals surface area contributed by atoms with Crippen molar-refractivity contribution in [1.82, 2.24) is 19.7 Å². The van der Waals surface area contributed by atoms with E-state index in [1.54, 1.807) is 0 Å². The normalized spacial score (nSPS) is 11.0. The largest absolute Gasteiger partial charge is 0.366 e. The van der Waals surface area contributed by atoms with Crippen LogP contribution in [0.25, 0.3) is 0 Å². The first-order chi connectivity index (χ1) is 9.10. The second-order valence-corrected chi connectivity index (χ2v) is 4.92. The molecule has 2 rings (SSSR count). The third kappa shape index (κ3) is 3.30. The van der Waals surface area contributed by atoms with Gasteiger partial charge < -0.3 is 5.32 Å². The lowest BCUT2D eigenvalue weighted by Gasteiger charge is -2.09. The van der Waals surface area contributed by atoms with Crippen molar-refractivity contribution in [2.24, 2.45) is 0 Å². The summed E-state index contributed by atoms with van der Waals surface area (Å²) in [5.41, 5.74) is 2.30. The monoisotopic (exact) mass is 259 g/mol. The van der Waals surface area contributed by atoms with Crippen LogP contribution < -0.4 is 5.32 Å². The lowest BCUT2D eigenvalue weighted by atomic mass is 10.2. The van der Waals surface area contributed by atoms with Crippen molar-refractivity contribution < 1.29 is 0 Å². The van der Waals surface area contributed by atoms with E-state index in [1.807, 2.05) is 24.0 Å². The number of aryl methyl sites for hydroxylation is 2. The Labute approximate surface area is 114 Å². The Morgan fingerprint density at radius 1 is 1.32 bits per heavy atom. The smallest absolute Gasteiger partial charge is 0.133 e. The molecular weight excluding hydrogens is 238 g/mol. The van der Waals surface area contributed by atoms with Crippen LogP contribution in [0, 0.1) is 6.92 Å². The molecule has 0 aliphatic rings. The molecule has 19 heavy (non-hydrogen) atoms. The molecule has 0 saturated carbocycles. The van der Waals surface area contributed by atoms with Gasteiger partial charge in [0, 0.05) is 36.1 Å². The molecule has 2 aromatic rings. The number of hydrogen-bond acceptors (Lipinski definition) is 4. The lowest BCUT2D eigenvalue weighted by molar-refractivity contribution is 0.532. The summed E-state index contributed by atoms with van der Waals surface area (Å²) in [7, 11) is 0. The van der Waals surface area contributed by atoms with Crippen LogP contribution in [0.15, 0.2) is 18.6 Å². The average molecular weight is 259 g/mol. The van der Waals surface area contributed by atoms with Crippen LogP contribution in [0.4, 0.5) is 5.82 Å². The van der Waals surface area contributed by atoms with E-state index < -0.39 is 0 Å². The molecule has 0 atom stereocenters. The summed E-state index contributed by atoms with van der Waals surface area (Å²) < 4.78 is 1.96. The Hall–Kier alpha value is -1.91. The van der Waals surface area contributed by atoms with Crippen LogP contribution in [0.2, 0.25) is 0 Å². The summed E-state index contributed by atoms with van der Waals surface area (Å²) in [5.74, 6) is 1.71. The second kappa shape index (κ2) is 5.82. The predicted octanol–water partition coefficient (Wildman–Crippen LogP) is 2.74. The summed E-state index contributed by atoms with van der Waals surface area (Å²) in [6.45, 7) is 8.98. The van der Waals surface area contributed by atoms with Gasteiger partial charge in [0.15, 0.2) is 0 Å². The van der Waals surface area contributed by atoms with Crippen molar-refractivity contribution in [3.63, 3.8) is 0 Å². The fourth-order valence-corrected chi connectivity index (χ4v) is 1.84. The number of nitrogens with one attached hydrogen (secondary N) is 1. The minimum atomic E-state index is 0.390. The van der Waals surface area contributed by atoms with E-state index in [2.05, 4.69) is 47.4 Å². The summed E-state index contributed by atoms with van der Waals surface area (Å²) in [6.07, 6.45) is 6.78. The highest BCUT2D eigenvalue weighted by atomic mass is 15.3. The van der Waals surface area contributed by atoms with Gasteiger partial charge in [0.2, 0.25) is 0 Å². The Morgan fingerprint density at radius 3 is 2.74 bits per heavy atom. The molecule has 0 aliphatic heterocycles. The number of aromatic nitrogens is 4. The lowest BCUT2D eigenvalue weighted by Crippen LogP contribution is -2.06. The highest BCUT2D eigenvalue weighted by Gasteiger charge is 2.05. The number of anilines is 1. The molecule has 2 heterocycles. The van der Waals surface area contributed by atoms with E-state index in [0.717, 1.165) is 35.7 Å². The van der Waals surface area contributed by atoms with Crippen molar-refractivity contribution in [2.45, 2.75) is 46.7 Å². The maximum absolute atomic E-state index is 4.45. The molecule has 102 valence electrons. The Balaban J connectivity index is 2.07. The summed E-state index contributed by atoms with van der Waals surface area (Å²) in [5, 5.41) is 7.70. The van der Waals surface area contributed by atoms with E-state index in [4.69, 9.17) is 0 Å². The van der Waals surface area contributed by atoms with Crippen LogP contribution in [-0.4, -0.2) is 19.7 Å². The Bertz CT molecular complexity index is 545. The van der Waals surface area contributed by atoms with E-state index in [1.165, 1.54) is 0 Å². The zero-order valence-electron chi connectivity index (χ0n) is 12.0. The van der Waals surface area contributed by atoms with Gasteiger partial charge >= 0.3 is 0 Å². The van der Waals surface area contributed by atoms with E-state index in [0.29, 0.717) is 6.04 Å². The predicted molar refractivity (Wildman–Crippen MR) is 76.1 cm³/mol. The first kappa shape index (κ1) is 13.5. The van der Waals surface area contributed by atoms with Crippen molar-refractivity contribution in [2.75, 3.05) is 5.32 Å². The SMILES string of the molecule is CCc1cnc(C)nc1NCc1cnn(C(C)C)c1. The molecule has 5 nitrogen and oxygen atoms in total. The fraction of sp³-hybridized carbons (Fsp3) is 0.500. The van der Waals surface area contributed by atoms with Gasteiger partial charge in [-0.15, -0.1) is 0 Å². The first-order valence-electron chi connectivity index (χ1n) is 6.69. The standard InChI is InChI=1S/C14H21N5/c1-5-13-8-15-11(4)18-14(13)16-6-12-7-17-19(9-12)10(2)3/h7-10H,5-6H2,1-4H3,(H,15,16,18). The molecule has 0 bridgehead atoms. The summed E-state index contributed by atoms with van der Waals surface area (Å²) in [6, 6.07) is 0.390. The van der Waals surface area contributed by atoms with Crippen LogP contribution >= 0.6 is 0 Å². The zero-order valence-corrected chi connectivity index (χ0v) is 12.0. The van der Waals surface area contributed by atoms with Crippen LogP contribution in [0.1, 0.15) is 43.8 Å². The number of nitrogens with zero attached hydrogens (tertiary/aromatic N) is 4. The van der Waals surface area contributed by atoms with Crippen LogP contribution in [0.5, 0.6) is 0 Å². The minimum absolute atomic E-state index is 0.390. The zero-order chi connectivity index (χ0) is 13.8. The molecule has 1 N–H and O–H groups in total. The first-order valence-corrected chi connectivity index (χ1v) is 6.69. The molecule has 5 heteroatoms. The Morgan fingerprint density at radius 2 is 2.11 bits per heavy atom. The van der Waals surface area contributed by atoms with Crippen LogP contribution in [-0.2, 0) is 13.0 Å². The molecule has 0 spiro atoms. The van der Waals surface area contributed by atoms with Crippen molar-refractivity contribution in [3.05, 3.63) is 35.5 Å². The topological polar surface area (TPSA) is 55.6 Å². The molecule has 0 amide bonds. The molecule has 0 aliphatic carbocycles. The molecule has 2 aromatic heterocycles. The molecule has 0 radical (unpaired) electrons. The van der Waals surface area contributed by atoms with E-state index in [9.17, 15) is 0 Å². The van der Waals surface area contributed by atoms with Gasteiger partial charge in [0.05, 0.1) is 6.20 Å². The minimum Gasteiger partial charge on any atom is -0.366 e. The molecular formula is C14H21N5.